The van der Waals surface area contributed by atoms with E-state index in [4.69, 9.17) is 0 Å². The second-order valence-corrected chi connectivity index (χ2v) is 3.51. The first-order valence-electron chi connectivity index (χ1n) is 3.96. The number of aromatic amines is 1. The number of rotatable bonds is 3. The first-order chi connectivity index (χ1) is 6.45. The van der Waals surface area contributed by atoms with Crippen molar-refractivity contribution in [1.82, 2.24) is 15.0 Å². The van der Waals surface area contributed by atoms with E-state index in [1.165, 1.54) is 5.56 Å². The zero-order valence-corrected chi connectivity index (χ0v) is 7.79. The topological polar surface area (TPSA) is 41.6 Å². The molecule has 0 unspecified atom stereocenters. The molecule has 2 rings (SSSR count). The second-order valence-electron chi connectivity index (χ2n) is 2.54. The summed E-state index contributed by atoms with van der Waals surface area (Å²) in [5.74, 6) is 0.904. The number of aromatic nitrogens is 3. The van der Waals surface area contributed by atoms with E-state index in [2.05, 4.69) is 21.0 Å². The first-order valence-corrected chi connectivity index (χ1v) is 4.95. The van der Waals surface area contributed by atoms with Crippen LogP contribution in [-0.2, 0) is 5.75 Å². The maximum Gasteiger partial charge on any atom is 0.165 e. The van der Waals surface area contributed by atoms with Gasteiger partial charge >= 0.3 is 0 Å². The molecule has 0 radical (unpaired) electrons. The minimum absolute atomic E-state index is 0.904. The van der Waals surface area contributed by atoms with Gasteiger partial charge in [0.05, 0.1) is 0 Å². The van der Waals surface area contributed by atoms with Gasteiger partial charge in [-0.25, -0.2) is 4.98 Å². The van der Waals surface area contributed by atoms with Crippen LogP contribution in [0, 0.1) is 0 Å². The average Bonchev–Trinajstić information content (AvgIpc) is 2.69. The molecule has 0 spiro atoms. The monoisotopic (exact) mass is 191 g/mol. The maximum absolute atomic E-state index is 4.12. The Morgan fingerprint density at radius 3 is 3.08 bits per heavy atom. The molecule has 66 valence electrons. The van der Waals surface area contributed by atoms with Crippen molar-refractivity contribution in [2.45, 2.75) is 10.9 Å². The van der Waals surface area contributed by atoms with Crippen molar-refractivity contribution in [3.8, 4) is 0 Å². The highest BCUT2D eigenvalue weighted by Crippen LogP contribution is 2.17. The van der Waals surface area contributed by atoms with E-state index in [0.29, 0.717) is 0 Å². The number of thioether (sulfide) groups is 1. The van der Waals surface area contributed by atoms with Crippen LogP contribution in [0.1, 0.15) is 5.56 Å². The smallest absolute Gasteiger partial charge is 0.165 e. The normalized spacial score (nSPS) is 10.2. The van der Waals surface area contributed by atoms with Crippen LogP contribution in [0.4, 0.5) is 0 Å². The van der Waals surface area contributed by atoms with Gasteiger partial charge in [-0.1, -0.05) is 17.8 Å². The lowest BCUT2D eigenvalue weighted by molar-refractivity contribution is 1.06. The van der Waals surface area contributed by atoms with Crippen molar-refractivity contribution in [2.75, 3.05) is 0 Å². The predicted octanol–water partition coefficient (Wildman–Crippen LogP) is 2.10. The van der Waals surface area contributed by atoms with Crippen LogP contribution >= 0.6 is 11.8 Å². The zero-order valence-electron chi connectivity index (χ0n) is 6.97. The molecule has 0 saturated heterocycles. The highest BCUT2D eigenvalue weighted by Gasteiger charge is 1.96. The Bertz CT molecular complexity index is 344. The molecule has 0 atom stereocenters. The van der Waals surface area contributed by atoms with Crippen LogP contribution < -0.4 is 0 Å². The van der Waals surface area contributed by atoms with Gasteiger partial charge in [-0.2, -0.15) is 0 Å². The van der Waals surface area contributed by atoms with Gasteiger partial charge in [-0.15, -0.1) is 0 Å². The molecule has 2 aromatic rings. The summed E-state index contributed by atoms with van der Waals surface area (Å²) in [6.07, 6.45) is 7.23. The minimum Gasteiger partial charge on any atom is -0.340 e. The van der Waals surface area contributed by atoms with E-state index >= 15 is 0 Å². The summed E-state index contributed by atoms with van der Waals surface area (Å²) in [6, 6.07) is 4.00. The van der Waals surface area contributed by atoms with Gasteiger partial charge in [0.2, 0.25) is 0 Å². The molecular weight excluding hydrogens is 182 g/mol. The fraction of sp³-hybridized carbons (Fsp3) is 0.111. The van der Waals surface area contributed by atoms with E-state index in [1.54, 1.807) is 24.2 Å². The summed E-state index contributed by atoms with van der Waals surface area (Å²) in [5.41, 5.74) is 1.21. The third kappa shape index (κ3) is 2.32. The fourth-order valence-electron chi connectivity index (χ4n) is 0.965. The quantitative estimate of drug-likeness (QED) is 0.755. The van der Waals surface area contributed by atoms with Crippen LogP contribution in [0.3, 0.4) is 0 Å². The molecule has 3 nitrogen and oxygen atoms in total. The molecule has 0 bridgehead atoms. The minimum atomic E-state index is 0.904. The van der Waals surface area contributed by atoms with E-state index in [1.807, 2.05) is 18.5 Å². The second kappa shape index (κ2) is 4.09. The van der Waals surface area contributed by atoms with Crippen molar-refractivity contribution in [2.24, 2.45) is 0 Å². The Balaban J connectivity index is 1.94. The van der Waals surface area contributed by atoms with Gasteiger partial charge in [-0.3, -0.25) is 4.98 Å². The summed E-state index contributed by atoms with van der Waals surface area (Å²) >= 11 is 1.67. The summed E-state index contributed by atoms with van der Waals surface area (Å²) in [7, 11) is 0. The number of pyridine rings is 1. The van der Waals surface area contributed by atoms with Crippen molar-refractivity contribution >= 4 is 11.8 Å². The van der Waals surface area contributed by atoms with E-state index in [-0.39, 0.29) is 0 Å². The average molecular weight is 191 g/mol. The van der Waals surface area contributed by atoms with Gasteiger partial charge in [-0.05, 0) is 11.6 Å². The standard InChI is InChI=1S/C9H9N3S/c1-2-8(6-10-3-1)7-13-9-11-4-5-12-9/h1-6H,7H2,(H,11,12). The molecular formula is C9H9N3S. The molecule has 0 saturated carbocycles. The number of nitrogens with one attached hydrogen (secondary N) is 1. The fourth-order valence-corrected chi connectivity index (χ4v) is 1.73. The van der Waals surface area contributed by atoms with E-state index < -0.39 is 0 Å². The van der Waals surface area contributed by atoms with Crippen LogP contribution in [0.2, 0.25) is 0 Å². The molecule has 0 aliphatic rings. The molecule has 13 heavy (non-hydrogen) atoms. The Morgan fingerprint density at radius 1 is 1.38 bits per heavy atom. The summed E-state index contributed by atoms with van der Waals surface area (Å²) in [5, 5.41) is 0.948. The number of H-pyrrole nitrogens is 1. The molecule has 0 aliphatic carbocycles. The predicted molar refractivity (Wildman–Crippen MR) is 52.4 cm³/mol. The Morgan fingerprint density at radius 2 is 2.38 bits per heavy atom. The first kappa shape index (κ1) is 8.31. The number of hydrogen-bond donors (Lipinski definition) is 1. The summed E-state index contributed by atoms with van der Waals surface area (Å²) in [6.45, 7) is 0. The van der Waals surface area contributed by atoms with E-state index in [0.717, 1.165) is 10.9 Å². The highest BCUT2D eigenvalue weighted by molar-refractivity contribution is 7.98. The molecule has 1 N–H and O–H groups in total. The Labute approximate surface area is 80.6 Å². The zero-order chi connectivity index (χ0) is 8.93. The molecule has 0 amide bonds. The van der Waals surface area contributed by atoms with Gasteiger partial charge in [0.15, 0.2) is 5.16 Å². The molecule has 0 fully saturated rings. The van der Waals surface area contributed by atoms with Crippen molar-refractivity contribution in [3.05, 3.63) is 42.5 Å². The van der Waals surface area contributed by atoms with E-state index in [9.17, 15) is 0 Å². The lowest BCUT2D eigenvalue weighted by Crippen LogP contribution is -1.82. The van der Waals surface area contributed by atoms with Crippen LogP contribution in [0.15, 0.2) is 42.1 Å². The van der Waals surface area contributed by atoms with Gasteiger partial charge in [0.25, 0.3) is 0 Å². The van der Waals surface area contributed by atoms with Gasteiger partial charge in [0.1, 0.15) is 0 Å². The van der Waals surface area contributed by atoms with Gasteiger partial charge < -0.3 is 4.98 Å². The van der Waals surface area contributed by atoms with Crippen molar-refractivity contribution < 1.29 is 0 Å². The molecule has 2 aromatic heterocycles. The number of nitrogens with zero attached hydrogens (tertiary/aromatic N) is 2. The highest BCUT2D eigenvalue weighted by atomic mass is 32.2. The third-order valence-corrected chi connectivity index (χ3v) is 2.55. The molecule has 0 aromatic carbocycles. The third-order valence-electron chi connectivity index (χ3n) is 1.57. The maximum atomic E-state index is 4.12. The largest absolute Gasteiger partial charge is 0.340 e. The van der Waals surface area contributed by atoms with Crippen molar-refractivity contribution in [1.29, 1.82) is 0 Å². The SMILES string of the molecule is c1cncc(CSc2ncc[nH]2)c1. The van der Waals surface area contributed by atoms with Gasteiger partial charge in [0, 0.05) is 30.5 Å². The van der Waals surface area contributed by atoms with Crippen LogP contribution in [0.5, 0.6) is 0 Å². The molecule has 2 heterocycles. The number of imidazole rings is 1. The molecule has 0 aliphatic heterocycles. The summed E-state index contributed by atoms with van der Waals surface area (Å²) < 4.78 is 0. The van der Waals surface area contributed by atoms with Crippen molar-refractivity contribution in [3.63, 3.8) is 0 Å². The lowest BCUT2D eigenvalue weighted by Gasteiger charge is -1.96. The Kier molecular flexibility index (Phi) is 2.62. The number of hydrogen-bond acceptors (Lipinski definition) is 3. The Hall–Kier alpha value is -1.29. The van der Waals surface area contributed by atoms with Crippen LogP contribution in [0.25, 0.3) is 0 Å². The summed E-state index contributed by atoms with van der Waals surface area (Å²) in [4.78, 5) is 11.2. The molecule has 4 heteroatoms. The van der Waals surface area contributed by atoms with Crippen LogP contribution in [-0.4, -0.2) is 15.0 Å². The lowest BCUT2D eigenvalue weighted by atomic mass is 10.3.